The highest BCUT2D eigenvalue weighted by Crippen LogP contribution is 2.28. The number of aromatic nitrogens is 1. The molecule has 1 unspecified atom stereocenters. The van der Waals surface area contributed by atoms with Gasteiger partial charge in [-0.05, 0) is 54.5 Å². The standard InChI is InChI=1S/C22H28BrN3O/c1-15(22(2,3)4)25-21(27)16-10-11-24-20(13-16)26-12-6-8-18-17(14-26)7-5-9-19(18)23/h5,7,9-11,13,15H,6,8,12,14H2,1-4H3,(H,25,27). The third-order valence-corrected chi connectivity index (χ3v) is 6.15. The molecule has 2 heterocycles. The number of pyridine rings is 1. The van der Waals surface area contributed by atoms with Gasteiger partial charge in [0.1, 0.15) is 5.82 Å². The molecule has 5 heteroatoms. The number of carbonyl (C=O) groups is 1. The summed E-state index contributed by atoms with van der Waals surface area (Å²) < 4.78 is 1.18. The van der Waals surface area contributed by atoms with Crippen LogP contribution in [0.5, 0.6) is 0 Å². The number of rotatable bonds is 3. The van der Waals surface area contributed by atoms with Crippen molar-refractivity contribution in [2.75, 3.05) is 11.4 Å². The van der Waals surface area contributed by atoms with Gasteiger partial charge in [-0.1, -0.05) is 48.8 Å². The molecule has 1 aliphatic heterocycles. The van der Waals surface area contributed by atoms with Gasteiger partial charge in [0.25, 0.3) is 5.91 Å². The van der Waals surface area contributed by atoms with E-state index in [1.165, 1.54) is 15.6 Å². The van der Waals surface area contributed by atoms with E-state index in [1.54, 1.807) is 12.3 Å². The maximum absolute atomic E-state index is 12.7. The predicted molar refractivity (Wildman–Crippen MR) is 114 cm³/mol. The van der Waals surface area contributed by atoms with Crippen molar-refractivity contribution < 1.29 is 4.79 Å². The lowest BCUT2D eigenvalue weighted by Gasteiger charge is -2.28. The van der Waals surface area contributed by atoms with Gasteiger partial charge in [0.05, 0.1) is 0 Å². The normalized spacial score (nSPS) is 15.7. The molecule has 1 aromatic carbocycles. The maximum atomic E-state index is 12.7. The van der Waals surface area contributed by atoms with Crippen LogP contribution in [0.3, 0.4) is 0 Å². The minimum Gasteiger partial charge on any atom is -0.352 e. The van der Waals surface area contributed by atoms with Crippen molar-refractivity contribution in [2.45, 2.75) is 53.1 Å². The van der Waals surface area contributed by atoms with E-state index >= 15 is 0 Å². The molecule has 144 valence electrons. The number of halogens is 1. The van der Waals surface area contributed by atoms with Gasteiger partial charge in [-0.25, -0.2) is 4.98 Å². The van der Waals surface area contributed by atoms with E-state index in [1.807, 2.05) is 13.0 Å². The molecule has 1 amide bonds. The average Bonchev–Trinajstić information content (AvgIpc) is 2.84. The highest BCUT2D eigenvalue weighted by atomic mass is 79.9. The van der Waals surface area contributed by atoms with Crippen molar-refractivity contribution in [1.82, 2.24) is 10.3 Å². The molecule has 27 heavy (non-hydrogen) atoms. The molecule has 4 nitrogen and oxygen atoms in total. The van der Waals surface area contributed by atoms with Crippen LogP contribution in [0.1, 0.15) is 55.6 Å². The third-order valence-electron chi connectivity index (χ3n) is 5.41. The zero-order valence-corrected chi connectivity index (χ0v) is 18.1. The van der Waals surface area contributed by atoms with Gasteiger partial charge in [-0.15, -0.1) is 0 Å². The average molecular weight is 430 g/mol. The molecule has 1 atom stereocenters. The van der Waals surface area contributed by atoms with E-state index in [0.717, 1.165) is 31.7 Å². The van der Waals surface area contributed by atoms with Gasteiger partial charge in [0.2, 0.25) is 0 Å². The Morgan fingerprint density at radius 1 is 1.30 bits per heavy atom. The third kappa shape index (κ3) is 4.70. The second-order valence-electron chi connectivity index (χ2n) is 8.37. The summed E-state index contributed by atoms with van der Waals surface area (Å²) >= 11 is 3.68. The van der Waals surface area contributed by atoms with Crippen molar-refractivity contribution in [3.05, 3.63) is 57.7 Å². The van der Waals surface area contributed by atoms with E-state index in [0.29, 0.717) is 5.56 Å². The molecule has 0 bridgehead atoms. The van der Waals surface area contributed by atoms with Crippen molar-refractivity contribution >= 4 is 27.7 Å². The summed E-state index contributed by atoms with van der Waals surface area (Å²) in [5.41, 5.74) is 3.38. The molecule has 0 fully saturated rings. The molecular formula is C22H28BrN3O. The number of benzene rings is 1. The van der Waals surface area contributed by atoms with Gasteiger partial charge >= 0.3 is 0 Å². The molecule has 0 saturated heterocycles. The SMILES string of the molecule is CC(NC(=O)c1ccnc(N2CCCc3c(Br)cccc3C2)c1)C(C)(C)C. The molecule has 0 spiro atoms. The Balaban J connectivity index is 1.80. The van der Waals surface area contributed by atoms with Crippen molar-refractivity contribution in [1.29, 1.82) is 0 Å². The minimum absolute atomic E-state index is 0.0212. The first-order valence-electron chi connectivity index (χ1n) is 9.54. The van der Waals surface area contributed by atoms with Crippen LogP contribution in [-0.4, -0.2) is 23.5 Å². The van der Waals surface area contributed by atoms with Crippen LogP contribution in [0.4, 0.5) is 5.82 Å². The van der Waals surface area contributed by atoms with Crippen LogP contribution in [0.15, 0.2) is 41.0 Å². The zero-order chi connectivity index (χ0) is 19.6. The number of hydrogen-bond donors (Lipinski definition) is 1. The van der Waals surface area contributed by atoms with Crippen LogP contribution in [0.2, 0.25) is 0 Å². The highest BCUT2D eigenvalue weighted by Gasteiger charge is 2.23. The van der Waals surface area contributed by atoms with Crippen molar-refractivity contribution in [3.63, 3.8) is 0 Å². The summed E-state index contributed by atoms with van der Waals surface area (Å²) in [5, 5.41) is 3.11. The topological polar surface area (TPSA) is 45.2 Å². The Hall–Kier alpha value is -1.88. The number of amides is 1. The Kier molecular flexibility index (Phi) is 5.89. The highest BCUT2D eigenvalue weighted by molar-refractivity contribution is 9.10. The van der Waals surface area contributed by atoms with Crippen molar-refractivity contribution in [3.8, 4) is 0 Å². The fraction of sp³-hybridized carbons (Fsp3) is 0.455. The lowest BCUT2D eigenvalue weighted by atomic mass is 9.88. The summed E-state index contributed by atoms with van der Waals surface area (Å²) in [6, 6.07) is 10.2. The molecule has 1 N–H and O–H groups in total. The van der Waals surface area contributed by atoms with E-state index in [-0.39, 0.29) is 17.4 Å². The number of carbonyl (C=O) groups excluding carboxylic acids is 1. The first-order chi connectivity index (χ1) is 12.8. The molecule has 0 aliphatic carbocycles. The van der Waals surface area contributed by atoms with Crippen LogP contribution in [-0.2, 0) is 13.0 Å². The second-order valence-corrected chi connectivity index (χ2v) is 9.22. The lowest BCUT2D eigenvalue weighted by molar-refractivity contribution is 0.0910. The van der Waals surface area contributed by atoms with Gasteiger partial charge in [0.15, 0.2) is 0 Å². The molecule has 1 aromatic heterocycles. The monoisotopic (exact) mass is 429 g/mol. The summed E-state index contributed by atoms with van der Waals surface area (Å²) in [5.74, 6) is 0.818. The number of hydrogen-bond acceptors (Lipinski definition) is 3. The summed E-state index contributed by atoms with van der Waals surface area (Å²) in [7, 11) is 0. The first kappa shape index (κ1) is 19.9. The molecule has 3 rings (SSSR count). The Labute approximate surface area is 170 Å². The minimum atomic E-state index is -0.0426. The van der Waals surface area contributed by atoms with Crippen LogP contribution in [0, 0.1) is 5.41 Å². The number of nitrogens with zero attached hydrogens (tertiary/aromatic N) is 2. The van der Waals surface area contributed by atoms with Crippen LogP contribution < -0.4 is 10.2 Å². The zero-order valence-electron chi connectivity index (χ0n) is 16.6. The van der Waals surface area contributed by atoms with Gasteiger partial charge in [0, 0.05) is 35.4 Å². The smallest absolute Gasteiger partial charge is 0.251 e. The number of fused-ring (bicyclic) bond motifs is 1. The fourth-order valence-corrected chi connectivity index (χ4v) is 3.79. The van der Waals surface area contributed by atoms with Crippen LogP contribution in [0.25, 0.3) is 0 Å². The quantitative estimate of drug-likeness (QED) is 0.749. The van der Waals surface area contributed by atoms with Gasteiger partial charge < -0.3 is 10.2 Å². The summed E-state index contributed by atoms with van der Waals surface area (Å²) in [6.45, 7) is 10.2. The van der Waals surface area contributed by atoms with E-state index in [9.17, 15) is 4.79 Å². The fourth-order valence-electron chi connectivity index (χ4n) is 3.19. The van der Waals surface area contributed by atoms with Gasteiger partial charge in [-0.2, -0.15) is 0 Å². The van der Waals surface area contributed by atoms with E-state index in [2.05, 4.69) is 70.1 Å². The maximum Gasteiger partial charge on any atom is 0.251 e. The van der Waals surface area contributed by atoms with Gasteiger partial charge in [-0.3, -0.25) is 4.79 Å². The number of anilines is 1. The second kappa shape index (κ2) is 8.01. The van der Waals surface area contributed by atoms with Crippen molar-refractivity contribution in [2.24, 2.45) is 5.41 Å². The Bertz CT molecular complexity index is 829. The number of nitrogens with one attached hydrogen (secondary N) is 1. The molecule has 0 saturated carbocycles. The summed E-state index contributed by atoms with van der Waals surface area (Å²) in [6.07, 6.45) is 3.85. The van der Waals surface area contributed by atoms with E-state index in [4.69, 9.17) is 0 Å². The molecular weight excluding hydrogens is 402 g/mol. The molecule has 0 radical (unpaired) electrons. The van der Waals surface area contributed by atoms with E-state index < -0.39 is 0 Å². The Morgan fingerprint density at radius 3 is 2.81 bits per heavy atom. The largest absolute Gasteiger partial charge is 0.352 e. The summed E-state index contributed by atoms with van der Waals surface area (Å²) in [4.78, 5) is 19.5. The predicted octanol–water partition coefficient (Wildman–Crippen LogP) is 4.96. The lowest BCUT2D eigenvalue weighted by Crippen LogP contribution is -2.41. The Morgan fingerprint density at radius 2 is 2.07 bits per heavy atom. The molecule has 2 aromatic rings. The van der Waals surface area contributed by atoms with Crippen LogP contribution >= 0.6 is 15.9 Å². The first-order valence-corrected chi connectivity index (χ1v) is 10.3. The molecule has 1 aliphatic rings.